The van der Waals surface area contributed by atoms with Gasteiger partial charge in [0.2, 0.25) is 5.91 Å². The Labute approximate surface area is 110 Å². The van der Waals surface area contributed by atoms with Crippen molar-refractivity contribution in [3.8, 4) is 0 Å². The van der Waals surface area contributed by atoms with Crippen molar-refractivity contribution >= 4 is 22.4 Å². The molecule has 0 spiro atoms. The summed E-state index contributed by atoms with van der Waals surface area (Å²) in [7, 11) is 0. The van der Waals surface area contributed by atoms with Gasteiger partial charge in [-0.1, -0.05) is 24.3 Å². The summed E-state index contributed by atoms with van der Waals surface area (Å²) in [6, 6.07) is 9.98. The van der Waals surface area contributed by atoms with Gasteiger partial charge in [-0.15, -0.1) is 0 Å². The summed E-state index contributed by atoms with van der Waals surface area (Å²) in [5.41, 5.74) is 5.26. The number of nitrogens with zero attached hydrogens (tertiary/aromatic N) is 1. The van der Waals surface area contributed by atoms with Gasteiger partial charge < -0.3 is 5.73 Å². The Kier molecular flexibility index (Phi) is 2.98. The standard InChI is InChI=1S/C14H14N2O3/c1-14(2,13(15)17)11-7-8-12(16(18)19)10-6-4-3-5-9(10)11/h3-8H,1-2H3,(H2,15,17). The number of nitrogens with two attached hydrogens (primary N) is 1. The number of amides is 1. The van der Waals surface area contributed by atoms with Gasteiger partial charge in [-0.2, -0.15) is 0 Å². The Morgan fingerprint density at radius 3 is 2.26 bits per heavy atom. The summed E-state index contributed by atoms with van der Waals surface area (Å²) in [6.07, 6.45) is 0. The van der Waals surface area contributed by atoms with Crippen molar-refractivity contribution in [3.63, 3.8) is 0 Å². The summed E-state index contributed by atoms with van der Waals surface area (Å²) in [4.78, 5) is 22.2. The predicted octanol–water partition coefficient (Wildman–Crippen LogP) is 2.51. The zero-order valence-corrected chi connectivity index (χ0v) is 10.7. The van der Waals surface area contributed by atoms with Crippen LogP contribution in [-0.4, -0.2) is 10.8 Å². The monoisotopic (exact) mass is 258 g/mol. The number of fused-ring (bicyclic) bond motifs is 1. The summed E-state index contributed by atoms with van der Waals surface area (Å²) in [6.45, 7) is 3.42. The molecule has 0 saturated heterocycles. The highest BCUT2D eigenvalue weighted by Crippen LogP contribution is 2.34. The van der Waals surface area contributed by atoms with Gasteiger partial charge in [0.15, 0.2) is 0 Å². The third-order valence-corrected chi connectivity index (χ3v) is 3.39. The molecule has 5 heteroatoms. The van der Waals surface area contributed by atoms with Crippen molar-refractivity contribution in [1.82, 2.24) is 0 Å². The van der Waals surface area contributed by atoms with E-state index in [1.54, 1.807) is 44.2 Å². The van der Waals surface area contributed by atoms with Gasteiger partial charge >= 0.3 is 0 Å². The van der Waals surface area contributed by atoms with Gasteiger partial charge in [0.25, 0.3) is 5.69 Å². The van der Waals surface area contributed by atoms with Gasteiger partial charge in [0, 0.05) is 6.07 Å². The van der Waals surface area contributed by atoms with Gasteiger partial charge in [-0.25, -0.2) is 0 Å². The fourth-order valence-electron chi connectivity index (χ4n) is 2.12. The second kappa shape index (κ2) is 4.35. The number of carbonyl (C=O) groups excluding carboxylic acids is 1. The lowest BCUT2D eigenvalue weighted by Crippen LogP contribution is -2.35. The quantitative estimate of drug-likeness (QED) is 0.677. The molecule has 0 fully saturated rings. The van der Waals surface area contributed by atoms with Gasteiger partial charge in [0.05, 0.1) is 15.7 Å². The Morgan fingerprint density at radius 1 is 1.16 bits per heavy atom. The van der Waals surface area contributed by atoms with E-state index in [1.807, 2.05) is 0 Å². The number of rotatable bonds is 3. The normalized spacial score (nSPS) is 11.5. The number of hydrogen-bond acceptors (Lipinski definition) is 3. The molecule has 0 bridgehead atoms. The van der Waals surface area contributed by atoms with Crippen LogP contribution in [0, 0.1) is 10.1 Å². The summed E-state index contributed by atoms with van der Waals surface area (Å²) >= 11 is 0. The third kappa shape index (κ3) is 2.03. The number of benzene rings is 2. The van der Waals surface area contributed by atoms with E-state index in [9.17, 15) is 14.9 Å². The van der Waals surface area contributed by atoms with Crippen LogP contribution in [0.3, 0.4) is 0 Å². The molecule has 0 aliphatic carbocycles. The van der Waals surface area contributed by atoms with Crippen LogP contribution in [0.2, 0.25) is 0 Å². The molecule has 0 atom stereocenters. The number of carbonyl (C=O) groups is 1. The molecular weight excluding hydrogens is 244 g/mol. The molecule has 0 unspecified atom stereocenters. The van der Waals surface area contributed by atoms with Gasteiger partial charge in [-0.3, -0.25) is 14.9 Å². The molecule has 0 heterocycles. The first-order valence-electron chi connectivity index (χ1n) is 5.82. The second-order valence-electron chi connectivity index (χ2n) is 4.92. The van der Waals surface area contributed by atoms with E-state index in [1.165, 1.54) is 6.07 Å². The van der Waals surface area contributed by atoms with Crippen LogP contribution in [0.25, 0.3) is 10.8 Å². The molecule has 0 aromatic heterocycles. The molecule has 2 N–H and O–H groups in total. The van der Waals surface area contributed by atoms with Crippen LogP contribution in [0.5, 0.6) is 0 Å². The Bertz CT molecular complexity index is 677. The number of nitro benzene ring substituents is 1. The minimum atomic E-state index is -0.880. The smallest absolute Gasteiger partial charge is 0.277 e. The molecule has 0 saturated carbocycles. The number of hydrogen-bond donors (Lipinski definition) is 1. The number of primary amides is 1. The molecule has 2 aromatic rings. The van der Waals surface area contributed by atoms with Crippen molar-refractivity contribution in [2.45, 2.75) is 19.3 Å². The zero-order chi connectivity index (χ0) is 14.2. The molecule has 0 radical (unpaired) electrons. The number of non-ortho nitro benzene ring substituents is 1. The van der Waals surface area contributed by atoms with Crippen molar-refractivity contribution in [2.75, 3.05) is 0 Å². The van der Waals surface area contributed by atoms with E-state index in [-0.39, 0.29) is 5.69 Å². The second-order valence-corrected chi connectivity index (χ2v) is 4.92. The Balaban J connectivity index is 2.83. The molecule has 0 aliphatic rings. The first-order valence-corrected chi connectivity index (χ1v) is 5.82. The number of nitro groups is 1. The first-order chi connectivity index (χ1) is 8.85. The fourth-order valence-corrected chi connectivity index (χ4v) is 2.12. The molecule has 0 aliphatic heterocycles. The lowest BCUT2D eigenvalue weighted by atomic mass is 9.81. The highest BCUT2D eigenvalue weighted by Gasteiger charge is 2.30. The average Bonchev–Trinajstić information content (AvgIpc) is 2.36. The summed E-state index contributed by atoms with van der Waals surface area (Å²) in [5.74, 6) is -0.466. The highest BCUT2D eigenvalue weighted by molar-refractivity contribution is 5.98. The maximum atomic E-state index is 11.6. The van der Waals surface area contributed by atoms with E-state index in [0.717, 1.165) is 0 Å². The average molecular weight is 258 g/mol. The molecule has 2 aromatic carbocycles. The summed E-state index contributed by atoms with van der Waals surface area (Å²) < 4.78 is 0. The Morgan fingerprint density at radius 2 is 1.74 bits per heavy atom. The van der Waals surface area contributed by atoms with E-state index in [4.69, 9.17) is 5.73 Å². The maximum Gasteiger partial charge on any atom is 0.277 e. The van der Waals surface area contributed by atoms with E-state index >= 15 is 0 Å². The minimum Gasteiger partial charge on any atom is -0.369 e. The Hall–Kier alpha value is -2.43. The highest BCUT2D eigenvalue weighted by atomic mass is 16.6. The fraction of sp³-hybridized carbons (Fsp3) is 0.214. The van der Waals surface area contributed by atoms with Crippen molar-refractivity contribution in [3.05, 3.63) is 52.1 Å². The lowest BCUT2D eigenvalue weighted by Gasteiger charge is -2.22. The maximum absolute atomic E-state index is 11.6. The molecule has 5 nitrogen and oxygen atoms in total. The minimum absolute atomic E-state index is 0.0274. The molecular formula is C14H14N2O3. The van der Waals surface area contributed by atoms with Crippen molar-refractivity contribution < 1.29 is 9.72 Å². The van der Waals surface area contributed by atoms with E-state index in [2.05, 4.69) is 0 Å². The van der Waals surface area contributed by atoms with Gasteiger partial charge in [-0.05, 0) is 30.9 Å². The third-order valence-electron chi connectivity index (χ3n) is 3.39. The van der Waals surface area contributed by atoms with E-state index in [0.29, 0.717) is 16.3 Å². The largest absolute Gasteiger partial charge is 0.369 e. The summed E-state index contributed by atoms with van der Waals surface area (Å²) in [5, 5.41) is 12.2. The van der Waals surface area contributed by atoms with E-state index < -0.39 is 16.2 Å². The first kappa shape index (κ1) is 13.0. The molecule has 19 heavy (non-hydrogen) atoms. The van der Waals surface area contributed by atoms with Gasteiger partial charge in [0.1, 0.15) is 0 Å². The lowest BCUT2D eigenvalue weighted by molar-refractivity contribution is -0.383. The van der Waals surface area contributed by atoms with Crippen LogP contribution in [0.15, 0.2) is 36.4 Å². The van der Waals surface area contributed by atoms with Crippen LogP contribution in [0.1, 0.15) is 19.4 Å². The predicted molar refractivity (Wildman–Crippen MR) is 72.8 cm³/mol. The van der Waals surface area contributed by atoms with Crippen LogP contribution in [-0.2, 0) is 10.2 Å². The van der Waals surface area contributed by atoms with Crippen LogP contribution < -0.4 is 5.73 Å². The SMILES string of the molecule is CC(C)(C(N)=O)c1ccc([N+](=O)[O-])c2ccccc12. The molecule has 2 rings (SSSR count). The van der Waals surface area contributed by atoms with Crippen molar-refractivity contribution in [1.29, 1.82) is 0 Å². The topological polar surface area (TPSA) is 86.2 Å². The van der Waals surface area contributed by atoms with Crippen LogP contribution in [0.4, 0.5) is 5.69 Å². The molecule has 98 valence electrons. The zero-order valence-electron chi connectivity index (χ0n) is 10.7. The van der Waals surface area contributed by atoms with Crippen molar-refractivity contribution in [2.24, 2.45) is 5.73 Å². The van der Waals surface area contributed by atoms with Crippen LogP contribution >= 0.6 is 0 Å². The molecule has 1 amide bonds.